The van der Waals surface area contributed by atoms with Crippen molar-refractivity contribution in [3.63, 3.8) is 0 Å². The Morgan fingerprint density at radius 3 is 2.52 bits per heavy atom. The van der Waals surface area contributed by atoms with Crippen LogP contribution in [0.5, 0.6) is 0 Å². The summed E-state index contributed by atoms with van der Waals surface area (Å²) >= 11 is 6.11. The second-order valence-electron chi connectivity index (χ2n) is 5.94. The van der Waals surface area contributed by atoms with Gasteiger partial charge >= 0.3 is 0 Å². The molecule has 1 N–H and O–H groups in total. The summed E-state index contributed by atoms with van der Waals surface area (Å²) < 4.78 is 14.3. The number of nitrogens with one attached hydrogen (secondary N) is 1. The zero-order chi connectivity index (χ0) is 13.9. The smallest absolute Gasteiger partial charge is 0.128 e. The first kappa shape index (κ1) is 17.0. The quantitative estimate of drug-likeness (QED) is 0.898. The van der Waals surface area contributed by atoms with Crippen molar-refractivity contribution >= 4 is 24.0 Å². The van der Waals surface area contributed by atoms with Gasteiger partial charge in [0.2, 0.25) is 0 Å². The molecule has 0 amide bonds. The number of hydrogen-bond donors (Lipinski definition) is 1. The van der Waals surface area contributed by atoms with Crippen LogP contribution < -0.4 is 5.32 Å². The highest BCUT2D eigenvalue weighted by molar-refractivity contribution is 6.30. The summed E-state index contributed by atoms with van der Waals surface area (Å²) in [5.41, 5.74) is 0.798. The Hall–Kier alpha value is -0.350. The van der Waals surface area contributed by atoms with Crippen molar-refractivity contribution in [3.8, 4) is 0 Å². The molecule has 118 valence electrons. The van der Waals surface area contributed by atoms with Gasteiger partial charge in [0.05, 0.1) is 0 Å². The molecule has 1 saturated carbocycles. The van der Waals surface area contributed by atoms with E-state index in [-0.39, 0.29) is 24.3 Å². The minimum absolute atomic E-state index is 0. The van der Waals surface area contributed by atoms with Gasteiger partial charge in [-0.05, 0) is 37.0 Å². The Morgan fingerprint density at radius 1 is 1.19 bits per heavy atom. The largest absolute Gasteiger partial charge is 0.314 e. The van der Waals surface area contributed by atoms with Crippen LogP contribution in [0.1, 0.15) is 37.3 Å². The molecule has 0 bridgehead atoms. The molecule has 2 aliphatic rings. The maximum atomic E-state index is 14.3. The molecule has 2 fully saturated rings. The third-order valence-corrected chi connectivity index (χ3v) is 4.90. The molecule has 0 spiro atoms. The molecule has 1 heterocycles. The SMILES string of the molecule is Cl.Fc1ccc(Cl)cc1[C@H](C1CCCC1)N1CCNCC1. The fourth-order valence-electron chi connectivity index (χ4n) is 3.72. The van der Waals surface area contributed by atoms with Crippen molar-refractivity contribution in [3.05, 3.63) is 34.6 Å². The second-order valence-corrected chi connectivity index (χ2v) is 6.38. The summed E-state index contributed by atoms with van der Waals surface area (Å²) in [6.07, 6.45) is 4.96. The van der Waals surface area contributed by atoms with E-state index in [2.05, 4.69) is 10.2 Å². The summed E-state index contributed by atoms with van der Waals surface area (Å²) in [6, 6.07) is 5.19. The number of benzene rings is 1. The van der Waals surface area contributed by atoms with Gasteiger partial charge in [-0.15, -0.1) is 12.4 Å². The first-order valence-electron chi connectivity index (χ1n) is 7.65. The second kappa shape index (κ2) is 7.77. The molecule has 0 radical (unpaired) electrons. The van der Waals surface area contributed by atoms with Crippen molar-refractivity contribution in [2.75, 3.05) is 26.2 Å². The Morgan fingerprint density at radius 2 is 1.86 bits per heavy atom. The van der Waals surface area contributed by atoms with E-state index in [1.807, 2.05) is 6.07 Å². The molecule has 1 saturated heterocycles. The van der Waals surface area contributed by atoms with E-state index in [4.69, 9.17) is 11.6 Å². The van der Waals surface area contributed by atoms with Gasteiger partial charge in [-0.2, -0.15) is 0 Å². The van der Waals surface area contributed by atoms with E-state index >= 15 is 0 Å². The zero-order valence-corrected chi connectivity index (χ0v) is 13.7. The van der Waals surface area contributed by atoms with Gasteiger partial charge in [-0.3, -0.25) is 4.90 Å². The van der Waals surface area contributed by atoms with Gasteiger partial charge in [0.15, 0.2) is 0 Å². The zero-order valence-electron chi connectivity index (χ0n) is 12.2. The van der Waals surface area contributed by atoms with Crippen LogP contribution in [0.25, 0.3) is 0 Å². The lowest BCUT2D eigenvalue weighted by Gasteiger charge is -2.38. The highest BCUT2D eigenvalue weighted by Crippen LogP contribution is 2.41. The predicted molar refractivity (Wildman–Crippen MR) is 87.8 cm³/mol. The molecule has 1 aliphatic carbocycles. The minimum atomic E-state index is -0.107. The maximum absolute atomic E-state index is 14.3. The van der Waals surface area contributed by atoms with E-state index in [0.717, 1.165) is 31.7 Å². The van der Waals surface area contributed by atoms with E-state index in [0.29, 0.717) is 10.9 Å². The molecule has 3 rings (SSSR count). The summed E-state index contributed by atoms with van der Waals surface area (Å²) in [6.45, 7) is 3.97. The molecule has 1 aliphatic heterocycles. The van der Waals surface area contributed by atoms with Crippen LogP contribution in [-0.2, 0) is 0 Å². The van der Waals surface area contributed by atoms with Crippen LogP contribution in [0.15, 0.2) is 18.2 Å². The third-order valence-electron chi connectivity index (χ3n) is 4.67. The number of hydrogen-bond acceptors (Lipinski definition) is 2. The van der Waals surface area contributed by atoms with Crippen molar-refractivity contribution in [1.29, 1.82) is 0 Å². The number of nitrogens with zero attached hydrogens (tertiary/aromatic N) is 1. The van der Waals surface area contributed by atoms with Crippen LogP contribution in [-0.4, -0.2) is 31.1 Å². The van der Waals surface area contributed by atoms with Crippen molar-refractivity contribution in [1.82, 2.24) is 10.2 Å². The highest BCUT2D eigenvalue weighted by atomic mass is 35.5. The fraction of sp³-hybridized carbons (Fsp3) is 0.625. The monoisotopic (exact) mass is 332 g/mol. The van der Waals surface area contributed by atoms with Crippen molar-refractivity contribution in [2.24, 2.45) is 5.92 Å². The molecule has 1 aromatic carbocycles. The Balaban J connectivity index is 0.00000161. The van der Waals surface area contributed by atoms with Gasteiger partial charge in [-0.1, -0.05) is 24.4 Å². The van der Waals surface area contributed by atoms with Crippen LogP contribution in [0.2, 0.25) is 5.02 Å². The summed E-state index contributed by atoms with van der Waals surface area (Å²) in [5, 5.41) is 4.01. The Bertz CT molecular complexity index is 458. The van der Waals surface area contributed by atoms with E-state index in [1.165, 1.54) is 31.7 Å². The third kappa shape index (κ3) is 3.89. The molecular weight excluding hydrogens is 310 g/mol. The van der Waals surface area contributed by atoms with Gasteiger partial charge in [0.1, 0.15) is 5.82 Å². The van der Waals surface area contributed by atoms with E-state index in [9.17, 15) is 4.39 Å². The highest BCUT2D eigenvalue weighted by Gasteiger charge is 2.33. The first-order valence-corrected chi connectivity index (χ1v) is 8.03. The lowest BCUT2D eigenvalue weighted by atomic mass is 9.89. The molecular formula is C16H23Cl2FN2. The van der Waals surface area contributed by atoms with Crippen molar-refractivity contribution < 1.29 is 4.39 Å². The Labute approximate surface area is 137 Å². The maximum Gasteiger partial charge on any atom is 0.128 e. The van der Waals surface area contributed by atoms with Crippen LogP contribution in [0.4, 0.5) is 4.39 Å². The molecule has 1 atom stereocenters. The number of rotatable bonds is 3. The fourth-order valence-corrected chi connectivity index (χ4v) is 3.90. The van der Waals surface area contributed by atoms with Crippen LogP contribution in [0.3, 0.4) is 0 Å². The average Bonchev–Trinajstić information content (AvgIpc) is 2.98. The van der Waals surface area contributed by atoms with E-state index < -0.39 is 0 Å². The molecule has 0 unspecified atom stereocenters. The average molecular weight is 333 g/mol. The summed E-state index contributed by atoms with van der Waals surface area (Å²) in [5.74, 6) is 0.464. The predicted octanol–water partition coefficient (Wildman–Crippen LogP) is 4.04. The summed E-state index contributed by atoms with van der Waals surface area (Å²) in [7, 11) is 0. The van der Waals surface area contributed by atoms with Gasteiger partial charge < -0.3 is 5.32 Å². The van der Waals surface area contributed by atoms with E-state index in [1.54, 1.807) is 6.07 Å². The summed E-state index contributed by atoms with van der Waals surface area (Å²) in [4.78, 5) is 2.45. The molecule has 1 aromatic rings. The van der Waals surface area contributed by atoms with Crippen LogP contribution >= 0.6 is 24.0 Å². The lowest BCUT2D eigenvalue weighted by molar-refractivity contribution is 0.122. The topological polar surface area (TPSA) is 15.3 Å². The van der Waals surface area contributed by atoms with Gasteiger partial charge in [0.25, 0.3) is 0 Å². The number of piperazine rings is 1. The molecule has 0 aromatic heterocycles. The van der Waals surface area contributed by atoms with Crippen LogP contribution in [0, 0.1) is 11.7 Å². The first-order chi connectivity index (χ1) is 9.75. The molecule has 5 heteroatoms. The lowest BCUT2D eigenvalue weighted by Crippen LogP contribution is -2.46. The normalized spacial score (nSPS) is 22.0. The van der Waals surface area contributed by atoms with Gasteiger partial charge in [-0.25, -0.2) is 4.39 Å². The number of halogens is 3. The molecule has 21 heavy (non-hydrogen) atoms. The Kier molecular flexibility index (Phi) is 6.30. The van der Waals surface area contributed by atoms with Crippen molar-refractivity contribution in [2.45, 2.75) is 31.7 Å². The minimum Gasteiger partial charge on any atom is -0.314 e. The van der Waals surface area contributed by atoms with Gasteiger partial charge in [0, 0.05) is 42.8 Å². The standard InChI is InChI=1S/C16H22ClFN2.ClH/c17-13-5-6-15(18)14(11-13)16(12-3-1-2-4-12)20-9-7-19-8-10-20;/h5-6,11-12,16,19H,1-4,7-10H2;1H/t16-;/m0./s1. The molecule has 2 nitrogen and oxygen atoms in total.